The van der Waals surface area contributed by atoms with Crippen LogP contribution >= 0.6 is 11.6 Å². The van der Waals surface area contributed by atoms with Gasteiger partial charge in [0.2, 0.25) is 5.91 Å². The molecule has 3 N–H and O–H groups in total. The van der Waals surface area contributed by atoms with E-state index in [1.54, 1.807) is 24.3 Å². The third kappa shape index (κ3) is 7.25. The Morgan fingerprint density at radius 2 is 1.53 bits per heavy atom. The molecule has 9 heteroatoms. The topological polar surface area (TPSA) is 70.2 Å². The lowest BCUT2D eigenvalue weighted by atomic mass is 10.1. The summed E-state index contributed by atoms with van der Waals surface area (Å²) in [4.78, 5) is 24.4. The Morgan fingerprint density at radius 3 is 2.18 bits per heavy atom. The second kappa shape index (κ2) is 11.1. The van der Waals surface area contributed by atoms with Crippen LogP contribution in [0.1, 0.15) is 36.1 Å². The highest BCUT2D eigenvalue weighted by molar-refractivity contribution is 6.31. The highest BCUT2D eigenvalue weighted by Crippen LogP contribution is 2.36. The Bertz CT molecular complexity index is 1140. The van der Waals surface area contributed by atoms with Crippen LogP contribution in [0.4, 0.5) is 29.3 Å². The molecule has 0 heterocycles. The maximum absolute atomic E-state index is 13.0. The summed E-state index contributed by atoms with van der Waals surface area (Å²) in [6.07, 6.45) is -3.80. The average molecular weight is 490 g/mol. The van der Waals surface area contributed by atoms with Crippen molar-refractivity contribution in [2.24, 2.45) is 0 Å². The molecular formula is C25H23ClF3N3O2. The number of aryl methyl sites for hydroxylation is 1. The summed E-state index contributed by atoms with van der Waals surface area (Å²) < 4.78 is 38.9. The molecule has 0 fully saturated rings. The zero-order chi connectivity index (χ0) is 24.7. The lowest BCUT2D eigenvalue weighted by Gasteiger charge is -2.14. The Hall–Kier alpha value is -3.52. The van der Waals surface area contributed by atoms with Gasteiger partial charge in [-0.1, -0.05) is 54.1 Å². The largest absolute Gasteiger partial charge is 0.417 e. The zero-order valence-electron chi connectivity index (χ0n) is 18.2. The van der Waals surface area contributed by atoms with Crippen molar-refractivity contribution >= 4 is 34.9 Å². The molecule has 0 saturated heterocycles. The lowest BCUT2D eigenvalue weighted by Crippen LogP contribution is -2.26. The van der Waals surface area contributed by atoms with Gasteiger partial charge in [-0.15, -0.1) is 0 Å². The van der Waals surface area contributed by atoms with Crippen molar-refractivity contribution in [3.63, 3.8) is 0 Å². The van der Waals surface area contributed by atoms with E-state index in [1.807, 2.05) is 37.3 Å². The molecule has 3 rings (SSSR count). The van der Waals surface area contributed by atoms with Crippen molar-refractivity contribution in [1.82, 2.24) is 5.32 Å². The minimum atomic E-state index is -4.63. The first-order chi connectivity index (χ1) is 16.1. The summed E-state index contributed by atoms with van der Waals surface area (Å²) in [5.74, 6) is -0.0703. The molecule has 5 nitrogen and oxygen atoms in total. The molecular weight excluding hydrogens is 467 g/mol. The molecule has 0 aliphatic heterocycles. The number of alkyl halides is 3. The summed E-state index contributed by atoms with van der Waals surface area (Å²) in [5.41, 5.74) is 1.31. The van der Waals surface area contributed by atoms with Gasteiger partial charge in [-0.3, -0.25) is 4.79 Å². The molecule has 0 aromatic heterocycles. The van der Waals surface area contributed by atoms with Gasteiger partial charge >= 0.3 is 12.2 Å². The van der Waals surface area contributed by atoms with Crippen LogP contribution in [0.15, 0.2) is 72.8 Å². The maximum atomic E-state index is 13.0. The fraction of sp³-hybridized carbons (Fsp3) is 0.200. The summed E-state index contributed by atoms with van der Waals surface area (Å²) in [5, 5.41) is 7.42. The second-order valence-corrected chi connectivity index (χ2v) is 8.08. The number of hydrogen-bond donors (Lipinski definition) is 3. The third-order valence-electron chi connectivity index (χ3n) is 5.06. The highest BCUT2D eigenvalue weighted by Gasteiger charge is 2.33. The Morgan fingerprint density at radius 1 is 0.912 bits per heavy atom. The van der Waals surface area contributed by atoms with Gasteiger partial charge in [0.25, 0.3) is 0 Å². The number of rotatable bonds is 7. The van der Waals surface area contributed by atoms with Crippen LogP contribution in [0, 0.1) is 0 Å². The number of hydrogen-bond acceptors (Lipinski definition) is 2. The van der Waals surface area contributed by atoms with Crippen LogP contribution in [-0.2, 0) is 17.4 Å². The molecule has 0 spiro atoms. The van der Waals surface area contributed by atoms with Crippen LogP contribution in [-0.4, -0.2) is 11.9 Å². The zero-order valence-corrected chi connectivity index (χ0v) is 19.0. The number of benzene rings is 3. The van der Waals surface area contributed by atoms with Gasteiger partial charge in [-0.2, -0.15) is 13.2 Å². The normalized spacial score (nSPS) is 12.0. The molecule has 3 amide bonds. The van der Waals surface area contributed by atoms with E-state index in [1.165, 1.54) is 6.07 Å². The fourth-order valence-corrected chi connectivity index (χ4v) is 3.49. The molecule has 0 aliphatic rings. The number of anilines is 2. The van der Waals surface area contributed by atoms with Crippen LogP contribution < -0.4 is 16.0 Å². The first-order valence-electron chi connectivity index (χ1n) is 10.5. The standard InChI is InChI=1S/C25H23ClF3N3O2/c1-16(18-5-3-2-4-6-18)30-23(33)14-9-17-7-10-19(11-8-17)31-24(34)32-20-12-13-22(26)21(15-20)25(27,28)29/h2-8,10-13,15-16H,9,14H2,1H3,(H,30,33)(H2,31,32,34). The minimum absolute atomic E-state index is 0.0402. The quantitative estimate of drug-likeness (QED) is 0.341. The van der Waals surface area contributed by atoms with Gasteiger partial charge in [-0.05, 0) is 54.8 Å². The van der Waals surface area contributed by atoms with Gasteiger partial charge in [0, 0.05) is 17.8 Å². The minimum Gasteiger partial charge on any atom is -0.350 e. The van der Waals surface area contributed by atoms with Gasteiger partial charge < -0.3 is 16.0 Å². The number of nitrogens with one attached hydrogen (secondary N) is 3. The van der Waals surface area contributed by atoms with Crippen LogP contribution in [0.25, 0.3) is 0 Å². The second-order valence-electron chi connectivity index (χ2n) is 7.67. The lowest BCUT2D eigenvalue weighted by molar-refractivity contribution is -0.137. The number of carbonyl (C=O) groups is 2. The van der Waals surface area contributed by atoms with E-state index < -0.39 is 22.8 Å². The summed E-state index contributed by atoms with van der Waals surface area (Å²) >= 11 is 5.59. The summed E-state index contributed by atoms with van der Waals surface area (Å²) in [7, 11) is 0. The van der Waals surface area contributed by atoms with Crippen molar-refractivity contribution in [3.05, 3.63) is 94.5 Å². The van der Waals surface area contributed by atoms with Crippen LogP contribution in [0.2, 0.25) is 5.02 Å². The monoisotopic (exact) mass is 489 g/mol. The molecule has 0 bridgehead atoms. The van der Waals surface area contributed by atoms with Gasteiger partial charge in [0.1, 0.15) is 0 Å². The molecule has 3 aromatic carbocycles. The Labute approximate surface area is 200 Å². The molecule has 0 aliphatic carbocycles. The first-order valence-corrected chi connectivity index (χ1v) is 10.9. The SMILES string of the molecule is CC(NC(=O)CCc1ccc(NC(=O)Nc2ccc(Cl)c(C(F)(F)F)c2)cc1)c1ccccc1. The number of amides is 3. The molecule has 34 heavy (non-hydrogen) atoms. The van der Waals surface area contributed by atoms with E-state index in [-0.39, 0.29) is 17.6 Å². The van der Waals surface area contributed by atoms with Crippen LogP contribution in [0.5, 0.6) is 0 Å². The smallest absolute Gasteiger partial charge is 0.350 e. The van der Waals surface area contributed by atoms with Crippen LogP contribution in [0.3, 0.4) is 0 Å². The van der Waals surface area contributed by atoms with E-state index in [0.29, 0.717) is 18.5 Å². The van der Waals surface area contributed by atoms with E-state index >= 15 is 0 Å². The molecule has 178 valence electrons. The highest BCUT2D eigenvalue weighted by atomic mass is 35.5. The molecule has 1 unspecified atom stereocenters. The maximum Gasteiger partial charge on any atom is 0.417 e. The van der Waals surface area contributed by atoms with Crippen molar-refractivity contribution in [1.29, 1.82) is 0 Å². The average Bonchev–Trinajstić information content (AvgIpc) is 2.79. The van der Waals surface area contributed by atoms with Crippen molar-refractivity contribution in [2.75, 3.05) is 10.6 Å². The molecule has 3 aromatic rings. The van der Waals surface area contributed by atoms with Gasteiger partial charge in [0.15, 0.2) is 0 Å². The van der Waals surface area contributed by atoms with Crippen molar-refractivity contribution in [2.45, 2.75) is 32.0 Å². The van der Waals surface area contributed by atoms with Crippen molar-refractivity contribution in [3.8, 4) is 0 Å². The van der Waals surface area contributed by atoms with E-state index in [9.17, 15) is 22.8 Å². The summed E-state index contributed by atoms with van der Waals surface area (Å²) in [6, 6.07) is 18.9. The van der Waals surface area contributed by atoms with Crippen molar-refractivity contribution < 1.29 is 22.8 Å². The molecule has 1 atom stereocenters. The fourth-order valence-electron chi connectivity index (χ4n) is 3.27. The summed E-state index contributed by atoms with van der Waals surface area (Å²) in [6.45, 7) is 1.92. The predicted molar refractivity (Wildman–Crippen MR) is 127 cm³/mol. The van der Waals surface area contributed by atoms with E-state index in [0.717, 1.165) is 23.3 Å². The van der Waals surface area contributed by atoms with E-state index in [2.05, 4.69) is 16.0 Å². The number of halogens is 4. The number of urea groups is 1. The first kappa shape index (κ1) is 25.1. The Balaban J connectivity index is 1.49. The third-order valence-corrected chi connectivity index (χ3v) is 5.39. The van der Waals surface area contributed by atoms with Gasteiger partial charge in [0.05, 0.1) is 16.6 Å². The Kier molecular flexibility index (Phi) is 8.17. The molecule has 0 saturated carbocycles. The number of carbonyl (C=O) groups excluding carboxylic acids is 2. The molecule has 0 radical (unpaired) electrons. The predicted octanol–water partition coefficient (Wildman–Crippen LogP) is 6.81. The van der Waals surface area contributed by atoms with Gasteiger partial charge in [-0.25, -0.2) is 4.79 Å². The van der Waals surface area contributed by atoms with E-state index in [4.69, 9.17) is 11.6 Å².